The van der Waals surface area contributed by atoms with Crippen LogP contribution in [-0.2, 0) is 24.1 Å². The number of thiophene rings is 1. The largest absolute Gasteiger partial charge is 0.301 e. The first-order valence-electron chi connectivity index (χ1n) is 11.0. The molecule has 1 unspecified atom stereocenters. The average Bonchev–Trinajstić information content (AvgIpc) is 3.46. The van der Waals surface area contributed by atoms with E-state index in [1.165, 1.54) is 58.4 Å². The first-order chi connectivity index (χ1) is 16.0. The lowest BCUT2D eigenvalue weighted by molar-refractivity contribution is -0.115. The van der Waals surface area contributed by atoms with Gasteiger partial charge in [0.15, 0.2) is 5.16 Å². The van der Waals surface area contributed by atoms with Crippen LogP contribution in [0.25, 0.3) is 21.3 Å². The molecule has 1 aromatic carbocycles. The van der Waals surface area contributed by atoms with Crippen LogP contribution in [0.2, 0.25) is 0 Å². The molecule has 0 bridgehead atoms. The highest BCUT2D eigenvalue weighted by Crippen LogP contribution is 2.34. The van der Waals surface area contributed by atoms with Crippen LogP contribution in [0.5, 0.6) is 0 Å². The second-order valence-electron chi connectivity index (χ2n) is 8.00. The van der Waals surface area contributed by atoms with Crippen LogP contribution in [-0.4, -0.2) is 31.3 Å². The monoisotopic (exact) mass is 497 g/mol. The summed E-state index contributed by atoms with van der Waals surface area (Å²) >= 11 is 4.04. The quantitative estimate of drug-likeness (QED) is 0.285. The maximum Gasteiger partial charge on any atom is 0.260 e. The van der Waals surface area contributed by atoms with Gasteiger partial charge >= 0.3 is 0 Å². The second kappa shape index (κ2) is 9.36. The zero-order valence-electron chi connectivity index (χ0n) is 18.3. The molecule has 0 aliphatic heterocycles. The Morgan fingerprint density at radius 2 is 2.06 bits per heavy atom. The van der Waals surface area contributed by atoms with Gasteiger partial charge in [0, 0.05) is 10.9 Å². The van der Waals surface area contributed by atoms with Crippen molar-refractivity contribution in [2.24, 2.45) is 0 Å². The fourth-order valence-corrected chi connectivity index (χ4v) is 6.46. The normalized spacial score (nSPS) is 14.2. The Bertz CT molecular complexity index is 1390. The van der Waals surface area contributed by atoms with E-state index < -0.39 is 5.25 Å². The molecular weight excluding hydrogens is 474 g/mol. The molecule has 10 heteroatoms. The number of amides is 1. The van der Waals surface area contributed by atoms with Crippen molar-refractivity contribution in [1.82, 2.24) is 20.2 Å². The van der Waals surface area contributed by atoms with Crippen molar-refractivity contribution in [3.63, 3.8) is 0 Å². The minimum absolute atomic E-state index is 0.180. The highest BCUT2D eigenvalue weighted by atomic mass is 32.2. The number of carbonyl (C=O) groups is 1. The van der Waals surface area contributed by atoms with E-state index in [1.807, 2.05) is 12.3 Å². The minimum atomic E-state index is -0.459. The van der Waals surface area contributed by atoms with Crippen molar-refractivity contribution < 1.29 is 4.79 Å². The molecule has 1 amide bonds. The number of aromatic amines is 1. The summed E-state index contributed by atoms with van der Waals surface area (Å²) in [7, 11) is 0. The summed E-state index contributed by atoms with van der Waals surface area (Å²) in [6.07, 6.45) is 5.46. The fraction of sp³-hybridized carbons (Fsp3) is 0.348. The Labute approximate surface area is 203 Å². The number of benzene rings is 1. The molecule has 3 aromatic heterocycles. The van der Waals surface area contributed by atoms with Gasteiger partial charge in [-0.25, -0.2) is 4.98 Å². The van der Waals surface area contributed by atoms with E-state index in [2.05, 4.69) is 43.7 Å². The van der Waals surface area contributed by atoms with Crippen molar-refractivity contribution in [3.05, 3.63) is 50.1 Å². The van der Waals surface area contributed by atoms with Gasteiger partial charge in [-0.15, -0.1) is 21.5 Å². The molecule has 4 aromatic rings. The summed E-state index contributed by atoms with van der Waals surface area (Å²) in [4.78, 5) is 33.7. The Hall–Kier alpha value is -2.56. The van der Waals surface area contributed by atoms with Crippen molar-refractivity contribution in [3.8, 4) is 11.1 Å². The maximum absolute atomic E-state index is 13.0. The van der Waals surface area contributed by atoms with Crippen LogP contribution in [0.3, 0.4) is 0 Å². The zero-order valence-corrected chi connectivity index (χ0v) is 20.8. The Morgan fingerprint density at radius 3 is 2.85 bits per heavy atom. The molecule has 0 saturated heterocycles. The van der Waals surface area contributed by atoms with E-state index in [0.717, 1.165) is 35.4 Å². The van der Waals surface area contributed by atoms with Gasteiger partial charge in [0.1, 0.15) is 9.84 Å². The summed E-state index contributed by atoms with van der Waals surface area (Å²) in [6.45, 7) is 3.77. The Kier molecular flexibility index (Phi) is 6.31. The smallest absolute Gasteiger partial charge is 0.260 e. The molecule has 0 spiro atoms. The lowest BCUT2D eigenvalue weighted by atomic mass is 9.89. The Morgan fingerprint density at radius 1 is 1.24 bits per heavy atom. The average molecular weight is 498 g/mol. The number of hydrogen-bond acceptors (Lipinski definition) is 8. The second-order valence-corrected chi connectivity index (χ2v) is 11.2. The lowest BCUT2D eigenvalue weighted by Gasteiger charge is -2.16. The van der Waals surface area contributed by atoms with E-state index in [4.69, 9.17) is 0 Å². The molecule has 5 rings (SSSR count). The summed E-state index contributed by atoms with van der Waals surface area (Å²) in [5.41, 5.74) is 4.60. The van der Waals surface area contributed by atoms with Crippen molar-refractivity contribution in [2.45, 2.75) is 56.4 Å². The number of thioether (sulfide) groups is 1. The minimum Gasteiger partial charge on any atom is -0.301 e. The van der Waals surface area contributed by atoms with Gasteiger partial charge in [0.05, 0.1) is 10.6 Å². The summed E-state index contributed by atoms with van der Waals surface area (Å²) in [6, 6.07) is 6.53. The first-order valence-corrected chi connectivity index (χ1v) is 13.5. The third-order valence-electron chi connectivity index (χ3n) is 5.74. The summed E-state index contributed by atoms with van der Waals surface area (Å²) in [5.74, 6) is -0.206. The molecule has 170 valence electrons. The standard InChI is InChI=1S/C23H23N5O2S3/c1-3-17-27-28-23(33-17)24-19(29)12(2)32-22-25-20(30)18-16(11-31-21(18)26-22)15-9-8-13-6-4-5-7-14(13)10-15/h8-12H,3-7H2,1-2H3,(H,24,28,29)(H,25,26,30). The van der Waals surface area contributed by atoms with Crippen LogP contribution >= 0.6 is 34.4 Å². The Balaban J connectivity index is 1.37. The van der Waals surface area contributed by atoms with E-state index >= 15 is 0 Å². The van der Waals surface area contributed by atoms with Crippen molar-refractivity contribution in [1.29, 1.82) is 0 Å². The first kappa shape index (κ1) is 22.2. The number of aryl methyl sites for hydroxylation is 3. The highest BCUT2D eigenvalue weighted by molar-refractivity contribution is 8.00. The molecule has 2 N–H and O–H groups in total. The zero-order chi connectivity index (χ0) is 22.9. The van der Waals surface area contributed by atoms with Gasteiger partial charge < -0.3 is 4.98 Å². The summed E-state index contributed by atoms with van der Waals surface area (Å²) in [5, 5.41) is 14.7. The lowest BCUT2D eigenvalue weighted by Crippen LogP contribution is -2.23. The number of carbonyl (C=O) groups excluding carboxylic acids is 1. The van der Waals surface area contributed by atoms with E-state index in [0.29, 0.717) is 20.5 Å². The van der Waals surface area contributed by atoms with E-state index in [9.17, 15) is 9.59 Å². The number of hydrogen-bond donors (Lipinski definition) is 2. The van der Waals surface area contributed by atoms with Gasteiger partial charge in [-0.2, -0.15) is 0 Å². The van der Waals surface area contributed by atoms with Gasteiger partial charge in [0.25, 0.3) is 5.56 Å². The molecule has 0 saturated carbocycles. The van der Waals surface area contributed by atoms with Crippen LogP contribution in [0.4, 0.5) is 5.13 Å². The molecule has 7 nitrogen and oxygen atoms in total. The number of H-pyrrole nitrogens is 1. The topological polar surface area (TPSA) is 101 Å². The summed E-state index contributed by atoms with van der Waals surface area (Å²) < 4.78 is 0. The predicted octanol–water partition coefficient (Wildman–Crippen LogP) is 5.06. The molecule has 3 heterocycles. The number of nitrogens with zero attached hydrogens (tertiary/aromatic N) is 3. The number of anilines is 1. The molecule has 33 heavy (non-hydrogen) atoms. The van der Waals surface area contributed by atoms with Gasteiger partial charge in [-0.05, 0) is 55.7 Å². The third-order valence-corrected chi connectivity index (χ3v) is 8.58. The molecule has 1 atom stereocenters. The number of nitrogens with one attached hydrogen (secondary N) is 2. The molecule has 1 aliphatic carbocycles. The van der Waals surface area contributed by atoms with Crippen LogP contribution in [0.1, 0.15) is 42.8 Å². The van der Waals surface area contributed by atoms with E-state index in [1.54, 1.807) is 6.92 Å². The van der Waals surface area contributed by atoms with Gasteiger partial charge in [-0.1, -0.05) is 48.2 Å². The van der Waals surface area contributed by atoms with Crippen LogP contribution < -0.4 is 10.9 Å². The molecule has 0 fully saturated rings. The number of fused-ring (bicyclic) bond motifs is 2. The maximum atomic E-state index is 13.0. The number of rotatable bonds is 6. The highest BCUT2D eigenvalue weighted by Gasteiger charge is 2.20. The molecular formula is C23H23N5O2S3. The molecule has 0 radical (unpaired) electrons. The van der Waals surface area contributed by atoms with Crippen molar-refractivity contribution >= 4 is 55.7 Å². The van der Waals surface area contributed by atoms with Gasteiger partial charge in [-0.3, -0.25) is 14.9 Å². The SMILES string of the molecule is CCc1nnc(NC(=O)C(C)Sc2nc3scc(-c4ccc5c(c4)CCCC5)c3c(=O)[nH]2)s1. The van der Waals surface area contributed by atoms with Crippen LogP contribution in [0.15, 0.2) is 33.5 Å². The van der Waals surface area contributed by atoms with Crippen molar-refractivity contribution in [2.75, 3.05) is 5.32 Å². The van der Waals surface area contributed by atoms with E-state index in [-0.39, 0.29) is 11.5 Å². The number of aromatic nitrogens is 4. The predicted molar refractivity (Wildman–Crippen MR) is 136 cm³/mol. The fourth-order valence-electron chi connectivity index (χ4n) is 3.97. The van der Waals surface area contributed by atoms with Gasteiger partial charge in [0.2, 0.25) is 11.0 Å². The third kappa shape index (κ3) is 4.60. The molecule has 1 aliphatic rings. The van der Waals surface area contributed by atoms with Crippen LogP contribution in [0, 0.1) is 0 Å².